The number of nitrogens with zero attached hydrogens (tertiary/aromatic N) is 7. The number of amides is 1. The number of ether oxygens (including phenoxy) is 4. The number of aliphatic hydroxyl groups is 1. The van der Waals surface area contributed by atoms with E-state index in [0.29, 0.717) is 63.8 Å². The van der Waals surface area contributed by atoms with E-state index in [1.165, 1.54) is 7.11 Å². The Hall–Kier alpha value is -6.20. The first-order valence-corrected chi connectivity index (χ1v) is 15.8. The van der Waals surface area contributed by atoms with Crippen molar-refractivity contribution in [3.63, 3.8) is 0 Å². The second-order valence-electron chi connectivity index (χ2n) is 11.2. The van der Waals surface area contributed by atoms with Crippen LogP contribution in [0.5, 0.6) is 17.2 Å². The van der Waals surface area contributed by atoms with Crippen LogP contribution in [0.25, 0.3) is 20.9 Å². The summed E-state index contributed by atoms with van der Waals surface area (Å²) in [4.78, 5) is 25.8. The third-order valence-electron chi connectivity index (χ3n) is 8.21. The van der Waals surface area contributed by atoms with Crippen LogP contribution >= 0.6 is 0 Å². The molecule has 256 valence electrons. The molecule has 2 atom stereocenters. The minimum atomic E-state index is -1.64. The molecule has 1 aliphatic heterocycles. The first-order valence-electron chi connectivity index (χ1n) is 15.8. The van der Waals surface area contributed by atoms with E-state index in [9.17, 15) is 10.3 Å². The highest BCUT2D eigenvalue weighted by atomic mass is 16.5. The Labute approximate surface area is 288 Å². The average Bonchev–Trinajstić information content (AvgIpc) is 3.54. The van der Waals surface area contributed by atoms with Gasteiger partial charge < -0.3 is 29.4 Å². The Morgan fingerprint density at radius 2 is 1.68 bits per heavy atom. The first kappa shape index (κ1) is 35.1. The third-order valence-corrected chi connectivity index (χ3v) is 8.21. The number of rotatable bonds is 16. The van der Waals surface area contributed by atoms with Crippen LogP contribution < -0.4 is 19.5 Å². The largest absolute Gasteiger partial charge is 0.497 e. The number of hydrogen-bond donors (Lipinski definition) is 2. The van der Waals surface area contributed by atoms with Gasteiger partial charge in [0, 0.05) is 58.7 Å². The van der Waals surface area contributed by atoms with E-state index in [2.05, 4.69) is 25.4 Å². The summed E-state index contributed by atoms with van der Waals surface area (Å²) in [5, 5.41) is 19.9. The topological polar surface area (TPSA) is 196 Å². The quantitative estimate of drug-likeness (QED) is 0.0552. The smallest absolute Gasteiger partial charge is 0.252 e. The number of benzene rings is 4. The fourth-order valence-corrected chi connectivity index (χ4v) is 5.72. The Bertz CT molecular complexity index is 1940. The highest BCUT2D eigenvalue weighted by molar-refractivity contribution is 6.01. The summed E-state index contributed by atoms with van der Waals surface area (Å²) in [7, 11) is 3.09. The molecule has 0 spiro atoms. The number of carbonyl (C=O) groups is 1. The summed E-state index contributed by atoms with van der Waals surface area (Å²) in [5.74, 6) is 1.46. The number of nitrogens with one attached hydrogen (secondary N) is 1. The van der Waals surface area contributed by atoms with Gasteiger partial charge in [0.05, 0.1) is 27.4 Å². The van der Waals surface area contributed by atoms with Crippen LogP contribution in [-0.2, 0) is 29.0 Å². The standard InChI is InChI=1S/C36H36N8O6/c1-47-29-17-14-27(32(20-29)48-2)22-39-35(46)36(21-25-8-4-6-11-31(25)42-44-38)33(30-10-5-3-9-26(30)23-40-43-37)50-34(41-36)24-12-15-28(16-13-24)49-19-7-18-45/h3-6,8-17,20,33,45H,7,18-19,21-23H2,1-2H3,(H,39,46)/t33-,36-/m1/s1. The van der Waals surface area contributed by atoms with E-state index in [1.54, 1.807) is 73.8 Å². The van der Waals surface area contributed by atoms with E-state index < -0.39 is 17.6 Å². The van der Waals surface area contributed by atoms with Crippen molar-refractivity contribution in [3.8, 4) is 17.2 Å². The molecule has 0 unspecified atom stereocenters. The van der Waals surface area contributed by atoms with Gasteiger partial charge in [-0.25, -0.2) is 4.99 Å². The molecule has 1 amide bonds. The lowest BCUT2D eigenvalue weighted by Gasteiger charge is -2.32. The minimum Gasteiger partial charge on any atom is -0.497 e. The van der Waals surface area contributed by atoms with Crippen molar-refractivity contribution in [1.29, 1.82) is 0 Å². The summed E-state index contributed by atoms with van der Waals surface area (Å²) in [5.41, 5.74) is 20.3. The van der Waals surface area contributed by atoms with Gasteiger partial charge in [-0.15, -0.1) is 0 Å². The summed E-state index contributed by atoms with van der Waals surface area (Å²) >= 11 is 0. The number of aliphatic imine (C=N–C) groups is 1. The SMILES string of the molecule is COc1ccc(CNC(=O)[C@]2(Cc3ccccc3N=[N+]=[N-])N=C(c3ccc(OCCCO)cc3)O[C@@H]2c2ccccc2CN=[N+]=[N-])c(OC)c1. The van der Waals surface area contributed by atoms with Gasteiger partial charge in [0.1, 0.15) is 17.2 Å². The number of aliphatic hydroxyl groups excluding tert-OH is 1. The van der Waals surface area contributed by atoms with Crippen molar-refractivity contribution >= 4 is 17.5 Å². The molecule has 0 bridgehead atoms. The molecule has 0 saturated carbocycles. The third kappa shape index (κ3) is 7.91. The van der Waals surface area contributed by atoms with Gasteiger partial charge in [0.15, 0.2) is 11.6 Å². The Kier molecular flexibility index (Phi) is 11.8. The van der Waals surface area contributed by atoms with Gasteiger partial charge in [-0.3, -0.25) is 4.79 Å². The molecule has 0 saturated heterocycles. The van der Waals surface area contributed by atoms with Gasteiger partial charge >= 0.3 is 0 Å². The van der Waals surface area contributed by atoms with Crippen molar-refractivity contribution in [2.45, 2.75) is 37.6 Å². The van der Waals surface area contributed by atoms with E-state index >= 15 is 0 Å². The van der Waals surface area contributed by atoms with Crippen LogP contribution in [0.4, 0.5) is 5.69 Å². The second-order valence-corrected chi connectivity index (χ2v) is 11.2. The Morgan fingerprint density at radius 1 is 0.940 bits per heavy atom. The maximum absolute atomic E-state index is 14.8. The molecule has 1 aliphatic rings. The molecule has 0 aliphatic carbocycles. The number of azide groups is 2. The number of hydrogen-bond acceptors (Lipinski definition) is 9. The zero-order valence-electron chi connectivity index (χ0n) is 27.6. The van der Waals surface area contributed by atoms with E-state index in [1.807, 2.05) is 24.3 Å². The molecule has 5 rings (SSSR count). The van der Waals surface area contributed by atoms with Crippen LogP contribution in [0.2, 0.25) is 0 Å². The van der Waals surface area contributed by atoms with Gasteiger partial charge in [0.25, 0.3) is 5.91 Å². The van der Waals surface area contributed by atoms with Crippen LogP contribution in [-0.4, -0.2) is 49.9 Å². The molecule has 14 heteroatoms. The zero-order valence-corrected chi connectivity index (χ0v) is 27.6. The molecule has 14 nitrogen and oxygen atoms in total. The predicted molar refractivity (Wildman–Crippen MR) is 186 cm³/mol. The molecule has 0 aromatic heterocycles. The molecule has 1 heterocycles. The molecule has 50 heavy (non-hydrogen) atoms. The Balaban J connectivity index is 1.65. The lowest BCUT2D eigenvalue weighted by Crippen LogP contribution is -2.50. The fourth-order valence-electron chi connectivity index (χ4n) is 5.72. The van der Waals surface area contributed by atoms with Crippen LogP contribution in [0.1, 0.15) is 40.3 Å². The van der Waals surface area contributed by atoms with Gasteiger partial charge in [-0.1, -0.05) is 58.8 Å². The lowest BCUT2D eigenvalue weighted by atomic mass is 9.80. The maximum atomic E-state index is 14.8. The predicted octanol–water partition coefficient (Wildman–Crippen LogP) is 7.03. The summed E-state index contributed by atoms with van der Waals surface area (Å²) < 4.78 is 23.3. The lowest BCUT2D eigenvalue weighted by molar-refractivity contribution is -0.129. The first-order chi connectivity index (χ1) is 24.5. The molecule has 2 N–H and O–H groups in total. The van der Waals surface area contributed by atoms with Crippen LogP contribution in [0.3, 0.4) is 0 Å². The molecule has 0 radical (unpaired) electrons. The van der Waals surface area contributed by atoms with Crippen molar-refractivity contribution in [2.24, 2.45) is 15.2 Å². The second kappa shape index (κ2) is 16.8. The highest BCUT2D eigenvalue weighted by Crippen LogP contribution is 2.45. The minimum absolute atomic E-state index is 0.0117. The molecule has 0 fully saturated rings. The highest BCUT2D eigenvalue weighted by Gasteiger charge is 2.54. The number of methoxy groups -OCH3 is 2. The van der Waals surface area contributed by atoms with Crippen molar-refractivity contribution < 1.29 is 28.8 Å². The van der Waals surface area contributed by atoms with E-state index in [4.69, 9.17) is 34.6 Å². The molecular weight excluding hydrogens is 640 g/mol. The summed E-state index contributed by atoms with van der Waals surface area (Å²) in [6.07, 6.45) is -0.522. The summed E-state index contributed by atoms with van der Waals surface area (Å²) in [6, 6.07) is 26.6. The van der Waals surface area contributed by atoms with Crippen molar-refractivity contribution in [2.75, 3.05) is 27.4 Å². The van der Waals surface area contributed by atoms with Gasteiger partial charge in [-0.2, -0.15) is 0 Å². The molecular formula is C36H36N8O6. The van der Waals surface area contributed by atoms with Crippen LogP contribution in [0, 0.1) is 0 Å². The average molecular weight is 677 g/mol. The van der Waals surface area contributed by atoms with Crippen LogP contribution in [0.15, 0.2) is 106 Å². The normalized spacial score (nSPS) is 16.2. The fraction of sp³-hybridized carbons (Fsp3) is 0.278. The Morgan fingerprint density at radius 3 is 2.40 bits per heavy atom. The van der Waals surface area contributed by atoms with Gasteiger partial charge in [-0.05, 0) is 64.2 Å². The van der Waals surface area contributed by atoms with E-state index in [0.717, 1.165) is 0 Å². The van der Waals surface area contributed by atoms with Crippen molar-refractivity contribution in [1.82, 2.24) is 5.32 Å². The van der Waals surface area contributed by atoms with Gasteiger partial charge in [0.2, 0.25) is 5.90 Å². The maximum Gasteiger partial charge on any atom is 0.252 e. The van der Waals surface area contributed by atoms with Crippen molar-refractivity contribution in [3.05, 3.63) is 140 Å². The van der Waals surface area contributed by atoms with E-state index in [-0.39, 0.29) is 32.0 Å². The number of carbonyl (C=O) groups excluding carboxylic acids is 1. The monoisotopic (exact) mass is 676 g/mol. The molecule has 4 aromatic carbocycles. The summed E-state index contributed by atoms with van der Waals surface area (Å²) in [6.45, 7) is 0.467. The molecule has 4 aromatic rings. The zero-order chi connectivity index (χ0) is 35.3.